The minimum Gasteiger partial charge on any atom is -0.356 e. The van der Waals surface area contributed by atoms with Gasteiger partial charge in [0.2, 0.25) is 0 Å². The molecule has 1 aromatic carbocycles. The predicted octanol–water partition coefficient (Wildman–Crippen LogP) is 2.92. The molecule has 2 rings (SSSR count). The van der Waals surface area contributed by atoms with Gasteiger partial charge in [-0.2, -0.15) is 0 Å². The van der Waals surface area contributed by atoms with Crippen LogP contribution in [-0.2, 0) is 9.84 Å². The molecule has 0 saturated carbocycles. The molecule has 1 heterocycles. The Hall–Kier alpha value is -1.27. The van der Waals surface area contributed by atoms with Gasteiger partial charge < -0.3 is 10.2 Å². The lowest BCUT2D eigenvalue weighted by Gasteiger charge is -2.39. The average Bonchev–Trinajstić information content (AvgIpc) is 2.56. The fourth-order valence-electron chi connectivity index (χ4n) is 3.10. The Morgan fingerprint density at radius 2 is 2.00 bits per heavy atom. The Kier molecular flexibility index (Phi) is 6.38. The molecule has 0 aromatic heterocycles. The Balaban J connectivity index is 2.04. The zero-order valence-corrected chi connectivity index (χ0v) is 17.0. The van der Waals surface area contributed by atoms with Crippen molar-refractivity contribution in [3.8, 4) is 0 Å². The molecule has 7 heteroatoms. The zero-order valence-electron chi connectivity index (χ0n) is 15.4. The van der Waals surface area contributed by atoms with Crippen molar-refractivity contribution in [3.05, 3.63) is 34.9 Å². The summed E-state index contributed by atoms with van der Waals surface area (Å²) in [6.45, 7) is 7.39. The number of sulfone groups is 1. The molecule has 1 N–H and O–H groups in total. The largest absolute Gasteiger partial charge is 0.356 e. The van der Waals surface area contributed by atoms with E-state index in [2.05, 4.69) is 29.4 Å². The van der Waals surface area contributed by atoms with Gasteiger partial charge in [-0.3, -0.25) is 4.99 Å². The van der Waals surface area contributed by atoms with Gasteiger partial charge in [-0.1, -0.05) is 30.7 Å². The predicted molar refractivity (Wildman–Crippen MR) is 105 cm³/mol. The van der Waals surface area contributed by atoms with Crippen LogP contribution in [0.5, 0.6) is 0 Å². The quantitative estimate of drug-likeness (QED) is 0.639. The SMILES string of the molecule is CCC(CNC(=NC)N1CCS(=O)(=O)C(C)(C)C1)c1ccc(Cl)cc1. The number of hydrogen-bond acceptors (Lipinski definition) is 3. The molecule has 1 unspecified atom stereocenters. The van der Waals surface area contributed by atoms with Crippen molar-refractivity contribution in [2.24, 2.45) is 4.99 Å². The number of nitrogens with one attached hydrogen (secondary N) is 1. The molecule has 1 aliphatic heterocycles. The van der Waals surface area contributed by atoms with E-state index < -0.39 is 14.6 Å². The summed E-state index contributed by atoms with van der Waals surface area (Å²) in [4.78, 5) is 6.39. The van der Waals surface area contributed by atoms with E-state index in [0.29, 0.717) is 19.0 Å². The van der Waals surface area contributed by atoms with E-state index in [4.69, 9.17) is 11.6 Å². The number of hydrogen-bond donors (Lipinski definition) is 1. The van der Waals surface area contributed by atoms with E-state index in [1.54, 1.807) is 20.9 Å². The van der Waals surface area contributed by atoms with Crippen molar-refractivity contribution < 1.29 is 8.42 Å². The summed E-state index contributed by atoms with van der Waals surface area (Å²) in [6, 6.07) is 7.92. The molecule has 0 radical (unpaired) electrons. The summed E-state index contributed by atoms with van der Waals surface area (Å²) < 4.78 is 23.6. The van der Waals surface area contributed by atoms with Gasteiger partial charge >= 0.3 is 0 Å². The van der Waals surface area contributed by atoms with Gasteiger partial charge in [0.15, 0.2) is 15.8 Å². The Morgan fingerprint density at radius 1 is 1.36 bits per heavy atom. The van der Waals surface area contributed by atoms with Crippen molar-refractivity contribution >= 4 is 27.4 Å². The highest BCUT2D eigenvalue weighted by atomic mass is 35.5. The lowest BCUT2D eigenvalue weighted by molar-refractivity contribution is 0.352. The van der Waals surface area contributed by atoms with Crippen LogP contribution >= 0.6 is 11.6 Å². The number of guanidine groups is 1. The van der Waals surface area contributed by atoms with E-state index in [0.717, 1.165) is 23.9 Å². The van der Waals surface area contributed by atoms with Crippen LogP contribution in [0.25, 0.3) is 0 Å². The van der Waals surface area contributed by atoms with Crippen LogP contribution in [0.1, 0.15) is 38.7 Å². The maximum Gasteiger partial charge on any atom is 0.193 e. The lowest BCUT2D eigenvalue weighted by Crippen LogP contribution is -2.57. The van der Waals surface area contributed by atoms with E-state index in [1.807, 2.05) is 17.0 Å². The first-order valence-electron chi connectivity index (χ1n) is 8.63. The van der Waals surface area contributed by atoms with Crippen molar-refractivity contribution in [1.82, 2.24) is 10.2 Å². The number of nitrogens with zero attached hydrogens (tertiary/aromatic N) is 2. The highest BCUT2D eigenvalue weighted by molar-refractivity contribution is 7.92. The normalized spacial score (nSPS) is 21.0. The number of halogens is 1. The van der Waals surface area contributed by atoms with Gasteiger partial charge in [0, 0.05) is 37.6 Å². The van der Waals surface area contributed by atoms with E-state index in [1.165, 1.54) is 5.56 Å². The number of rotatable bonds is 4. The first-order valence-corrected chi connectivity index (χ1v) is 10.7. The molecule has 0 spiro atoms. The maximum absolute atomic E-state index is 12.2. The van der Waals surface area contributed by atoms with Crippen molar-refractivity contribution in [1.29, 1.82) is 0 Å². The molecule has 5 nitrogen and oxygen atoms in total. The minimum absolute atomic E-state index is 0.162. The van der Waals surface area contributed by atoms with Gasteiger partial charge in [0.25, 0.3) is 0 Å². The van der Waals surface area contributed by atoms with Gasteiger partial charge in [-0.25, -0.2) is 8.42 Å². The summed E-state index contributed by atoms with van der Waals surface area (Å²) in [5.74, 6) is 1.26. The van der Waals surface area contributed by atoms with Crippen molar-refractivity contribution in [2.75, 3.05) is 32.4 Å². The number of aliphatic imine (C=N–C) groups is 1. The van der Waals surface area contributed by atoms with Gasteiger partial charge in [-0.15, -0.1) is 0 Å². The monoisotopic (exact) mass is 385 g/mol. The second kappa shape index (κ2) is 7.96. The molecule has 0 bridgehead atoms. The molecule has 1 atom stereocenters. The molecule has 140 valence electrons. The topological polar surface area (TPSA) is 61.8 Å². The van der Waals surface area contributed by atoms with Crippen molar-refractivity contribution in [3.63, 3.8) is 0 Å². The standard InChI is InChI=1S/C18H28ClN3O2S/c1-5-14(15-6-8-16(19)9-7-15)12-21-17(20-4)22-10-11-25(23,24)18(2,3)13-22/h6-9,14H,5,10-13H2,1-4H3,(H,20,21). The smallest absolute Gasteiger partial charge is 0.193 e. The summed E-state index contributed by atoms with van der Waals surface area (Å²) >= 11 is 5.97. The van der Waals surface area contributed by atoms with Crippen LogP contribution in [-0.4, -0.2) is 56.5 Å². The number of benzene rings is 1. The van der Waals surface area contributed by atoms with E-state index in [-0.39, 0.29) is 5.75 Å². The molecule has 0 amide bonds. The third-order valence-corrected chi connectivity index (χ3v) is 7.68. The second-order valence-electron chi connectivity index (χ2n) is 7.08. The second-order valence-corrected chi connectivity index (χ2v) is 10.3. The third-order valence-electron chi connectivity index (χ3n) is 4.90. The molecular weight excluding hydrogens is 358 g/mol. The van der Waals surface area contributed by atoms with Crippen LogP contribution in [0.15, 0.2) is 29.3 Å². The van der Waals surface area contributed by atoms with Gasteiger partial charge in [0.1, 0.15) is 0 Å². The fourth-order valence-corrected chi connectivity index (χ4v) is 4.60. The Bertz CT molecular complexity index is 714. The Labute approximate surface area is 156 Å². The molecule has 1 fully saturated rings. The minimum atomic E-state index is -3.06. The van der Waals surface area contributed by atoms with Crippen LogP contribution in [0, 0.1) is 0 Å². The van der Waals surface area contributed by atoms with Gasteiger partial charge in [0.05, 0.1) is 10.5 Å². The molecular formula is C18H28ClN3O2S. The van der Waals surface area contributed by atoms with Gasteiger partial charge in [-0.05, 0) is 38.0 Å². The average molecular weight is 386 g/mol. The van der Waals surface area contributed by atoms with Crippen molar-refractivity contribution in [2.45, 2.75) is 37.9 Å². The molecule has 1 saturated heterocycles. The maximum atomic E-state index is 12.2. The first-order chi connectivity index (χ1) is 11.7. The summed E-state index contributed by atoms with van der Waals surface area (Å²) in [5.41, 5.74) is 1.23. The third kappa shape index (κ3) is 4.67. The molecule has 1 aromatic rings. The van der Waals surface area contributed by atoms with Crippen LogP contribution in [0.3, 0.4) is 0 Å². The van der Waals surface area contributed by atoms with E-state index in [9.17, 15) is 8.42 Å². The molecule has 0 aliphatic carbocycles. The summed E-state index contributed by atoms with van der Waals surface area (Å²) in [5, 5.41) is 4.15. The highest BCUT2D eigenvalue weighted by Crippen LogP contribution is 2.24. The first kappa shape index (κ1) is 20.0. The highest BCUT2D eigenvalue weighted by Gasteiger charge is 2.40. The lowest BCUT2D eigenvalue weighted by atomic mass is 9.96. The summed E-state index contributed by atoms with van der Waals surface area (Å²) in [7, 11) is -1.32. The van der Waals surface area contributed by atoms with Crippen LogP contribution in [0.2, 0.25) is 5.02 Å². The molecule has 25 heavy (non-hydrogen) atoms. The zero-order chi connectivity index (χ0) is 18.7. The van der Waals surface area contributed by atoms with E-state index >= 15 is 0 Å². The summed E-state index contributed by atoms with van der Waals surface area (Å²) in [6.07, 6.45) is 0.992. The Morgan fingerprint density at radius 3 is 2.52 bits per heavy atom. The fraction of sp³-hybridized carbons (Fsp3) is 0.611. The molecule has 1 aliphatic rings. The van der Waals surface area contributed by atoms with Crippen LogP contribution in [0.4, 0.5) is 0 Å². The van der Waals surface area contributed by atoms with Crippen LogP contribution < -0.4 is 5.32 Å².